The van der Waals surface area contributed by atoms with Crippen LogP contribution in [0.1, 0.15) is 28.4 Å². The second-order valence-electron chi connectivity index (χ2n) is 6.10. The van der Waals surface area contributed by atoms with Crippen LogP contribution in [-0.4, -0.2) is 22.8 Å². The molecule has 1 aromatic carbocycles. The Morgan fingerprint density at radius 3 is 2.54 bits per heavy atom. The molecule has 1 aliphatic heterocycles. The van der Waals surface area contributed by atoms with E-state index < -0.39 is 35.6 Å². The number of alkyl halides is 3. The fraction of sp³-hybridized carbons (Fsp3) is 0.278. The van der Waals surface area contributed by atoms with E-state index in [4.69, 9.17) is 0 Å². The Hall–Kier alpha value is -2.90. The average Bonchev–Trinajstić information content (AvgIpc) is 2.59. The van der Waals surface area contributed by atoms with Gasteiger partial charge in [0, 0.05) is 18.3 Å². The van der Waals surface area contributed by atoms with Crippen LogP contribution >= 0.6 is 0 Å². The Morgan fingerprint density at radius 2 is 1.85 bits per heavy atom. The Bertz CT molecular complexity index is 852. The number of halogens is 3. The number of hydrogen-bond donors (Lipinski definition) is 2. The monoisotopic (exact) mass is 363 g/mol. The molecule has 0 saturated carbocycles. The minimum Gasteiger partial charge on any atom is -0.342 e. The molecule has 0 bridgehead atoms. The highest BCUT2D eigenvalue weighted by Gasteiger charge is 2.36. The van der Waals surface area contributed by atoms with E-state index in [1.54, 1.807) is 12.3 Å². The molecular formula is C18H16F3N3O2. The number of carbonyl (C=O) groups excluding carboxylic acids is 2. The molecule has 0 radical (unpaired) electrons. The summed E-state index contributed by atoms with van der Waals surface area (Å²) < 4.78 is 38.6. The van der Waals surface area contributed by atoms with Gasteiger partial charge in [-0.2, -0.15) is 13.2 Å². The van der Waals surface area contributed by atoms with Crippen molar-refractivity contribution in [2.24, 2.45) is 0 Å². The minimum atomic E-state index is -4.52. The number of aryl methyl sites for hydroxylation is 1. The van der Waals surface area contributed by atoms with Crippen molar-refractivity contribution in [3.05, 3.63) is 65.0 Å². The second kappa shape index (κ2) is 6.78. The van der Waals surface area contributed by atoms with E-state index in [1.165, 1.54) is 12.1 Å². The van der Waals surface area contributed by atoms with E-state index >= 15 is 0 Å². The van der Waals surface area contributed by atoms with Gasteiger partial charge >= 0.3 is 6.18 Å². The van der Waals surface area contributed by atoms with E-state index in [-0.39, 0.29) is 12.0 Å². The fourth-order valence-corrected chi connectivity index (χ4v) is 2.83. The molecule has 1 aromatic heterocycles. The van der Waals surface area contributed by atoms with Crippen LogP contribution in [0.3, 0.4) is 0 Å². The summed E-state index contributed by atoms with van der Waals surface area (Å²) in [4.78, 5) is 28.9. The maximum atomic E-state index is 12.9. The summed E-state index contributed by atoms with van der Waals surface area (Å²) >= 11 is 0. The summed E-state index contributed by atoms with van der Waals surface area (Å²) in [5.41, 5.74) is 0.765. The summed E-state index contributed by atoms with van der Waals surface area (Å²) in [6.45, 7) is 1.84. The first kappa shape index (κ1) is 17.9. The summed E-state index contributed by atoms with van der Waals surface area (Å²) in [6.07, 6.45) is -2.72. The van der Waals surface area contributed by atoms with Gasteiger partial charge in [0.25, 0.3) is 0 Å². The molecule has 2 atom stereocenters. The predicted molar refractivity (Wildman–Crippen MR) is 86.9 cm³/mol. The Balaban J connectivity index is 1.78. The zero-order valence-electron chi connectivity index (χ0n) is 13.8. The third-order valence-corrected chi connectivity index (χ3v) is 4.24. The van der Waals surface area contributed by atoms with Crippen molar-refractivity contribution in [2.75, 3.05) is 0 Å². The predicted octanol–water partition coefficient (Wildman–Crippen LogP) is 2.31. The van der Waals surface area contributed by atoms with Gasteiger partial charge in [-0.05, 0) is 36.2 Å². The second-order valence-corrected chi connectivity index (χ2v) is 6.10. The van der Waals surface area contributed by atoms with Gasteiger partial charge in [-0.1, -0.05) is 18.2 Å². The van der Waals surface area contributed by atoms with E-state index in [9.17, 15) is 22.8 Å². The Kier molecular flexibility index (Phi) is 4.67. The first-order valence-corrected chi connectivity index (χ1v) is 7.94. The molecule has 8 heteroatoms. The topological polar surface area (TPSA) is 71.1 Å². The van der Waals surface area contributed by atoms with Crippen LogP contribution in [0.5, 0.6) is 0 Å². The molecule has 0 spiro atoms. The van der Waals surface area contributed by atoms with Gasteiger partial charge in [0.2, 0.25) is 11.8 Å². The first-order valence-electron chi connectivity index (χ1n) is 7.94. The normalized spacial score (nSPS) is 20.5. The quantitative estimate of drug-likeness (QED) is 0.879. The number of benzene rings is 1. The smallest absolute Gasteiger partial charge is 0.342 e. The Morgan fingerprint density at radius 1 is 1.08 bits per heavy atom. The maximum absolute atomic E-state index is 12.9. The highest BCUT2D eigenvalue weighted by Crippen LogP contribution is 2.31. The average molecular weight is 363 g/mol. The highest BCUT2D eigenvalue weighted by atomic mass is 19.4. The van der Waals surface area contributed by atoms with E-state index in [0.29, 0.717) is 5.69 Å². The lowest BCUT2D eigenvalue weighted by Gasteiger charge is -2.30. The van der Waals surface area contributed by atoms with Crippen LogP contribution in [0.4, 0.5) is 13.2 Å². The third-order valence-electron chi connectivity index (χ3n) is 4.24. The molecule has 26 heavy (non-hydrogen) atoms. The molecule has 3 rings (SSSR count). The molecule has 2 N–H and O–H groups in total. The number of carbonyl (C=O) groups is 2. The lowest BCUT2D eigenvalue weighted by Crippen LogP contribution is -2.58. The van der Waals surface area contributed by atoms with E-state index in [1.807, 2.05) is 13.0 Å². The number of amides is 2. The number of hydrogen-bond acceptors (Lipinski definition) is 3. The molecule has 1 fully saturated rings. The van der Waals surface area contributed by atoms with Gasteiger partial charge in [0.1, 0.15) is 12.1 Å². The van der Waals surface area contributed by atoms with Crippen LogP contribution in [0.2, 0.25) is 0 Å². The van der Waals surface area contributed by atoms with E-state index in [2.05, 4.69) is 15.6 Å². The van der Waals surface area contributed by atoms with Crippen LogP contribution in [0, 0.1) is 6.92 Å². The first-order chi connectivity index (χ1) is 12.3. The maximum Gasteiger partial charge on any atom is 0.416 e. The molecule has 1 saturated heterocycles. The molecule has 0 aliphatic carbocycles. The van der Waals surface area contributed by atoms with Gasteiger partial charge in [0.05, 0.1) is 5.56 Å². The van der Waals surface area contributed by atoms with Crippen molar-refractivity contribution in [1.29, 1.82) is 0 Å². The number of aromatic nitrogens is 1. The van der Waals surface area contributed by atoms with Crippen molar-refractivity contribution < 1.29 is 22.8 Å². The summed E-state index contributed by atoms with van der Waals surface area (Å²) in [5, 5.41) is 5.08. The molecule has 2 heterocycles. The molecule has 2 aromatic rings. The lowest BCUT2D eigenvalue weighted by molar-refractivity contribution is -0.138. The van der Waals surface area contributed by atoms with Crippen molar-refractivity contribution in [3.63, 3.8) is 0 Å². The van der Waals surface area contributed by atoms with Crippen LogP contribution < -0.4 is 10.6 Å². The summed E-state index contributed by atoms with van der Waals surface area (Å²) in [5.74, 6) is -1.01. The van der Waals surface area contributed by atoms with Gasteiger partial charge in [0.15, 0.2) is 0 Å². The van der Waals surface area contributed by atoms with Crippen molar-refractivity contribution in [3.8, 4) is 0 Å². The highest BCUT2D eigenvalue weighted by molar-refractivity contribution is 5.97. The number of nitrogens with zero attached hydrogens (tertiary/aromatic N) is 1. The fourth-order valence-electron chi connectivity index (χ4n) is 2.83. The molecule has 136 valence electrons. The zero-order valence-corrected chi connectivity index (χ0v) is 13.8. The van der Waals surface area contributed by atoms with Crippen molar-refractivity contribution in [1.82, 2.24) is 15.6 Å². The number of piperazine rings is 1. The molecule has 2 amide bonds. The van der Waals surface area contributed by atoms with Crippen molar-refractivity contribution in [2.45, 2.75) is 31.6 Å². The standard InChI is InChI=1S/C18H16F3N3O2/c1-10-4-3-7-22-13(10)9-14-16(25)24-15(17(26)23-14)11-5-2-6-12(8-11)18(19,20)21/h2-8,14-15H,9H2,1H3,(H,23,26)(H,24,25). The van der Waals surface area contributed by atoms with Gasteiger partial charge in [-0.15, -0.1) is 0 Å². The largest absolute Gasteiger partial charge is 0.416 e. The molecule has 2 unspecified atom stereocenters. The van der Waals surface area contributed by atoms with Crippen molar-refractivity contribution >= 4 is 11.8 Å². The van der Waals surface area contributed by atoms with Crippen LogP contribution in [-0.2, 0) is 22.2 Å². The van der Waals surface area contributed by atoms with Gasteiger partial charge in [-0.3, -0.25) is 14.6 Å². The molecule has 1 aliphatic rings. The van der Waals surface area contributed by atoms with Crippen LogP contribution in [0.15, 0.2) is 42.6 Å². The minimum absolute atomic E-state index is 0.0816. The molecular weight excluding hydrogens is 347 g/mol. The number of nitrogens with one attached hydrogen (secondary N) is 2. The third kappa shape index (κ3) is 3.68. The SMILES string of the molecule is Cc1cccnc1CC1NC(=O)C(c2cccc(C(F)(F)F)c2)NC1=O. The van der Waals surface area contributed by atoms with E-state index in [0.717, 1.165) is 17.7 Å². The summed E-state index contributed by atoms with van der Waals surface area (Å²) in [7, 11) is 0. The number of rotatable bonds is 3. The molecule has 5 nitrogen and oxygen atoms in total. The zero-order chi connectivity index (χ0) is 18.9. The van der Waals surface area contributed by atoms with Gasteiger partial charge in [-0.25, -0.2) is 0 Å². The van der Waals surface area contributed by atoms with Crippen LogP contribution in [0.25, 0.3) is 0 Å². The Labute approximate surface area is 147 Å². The van der Waals surface area contributed by atoms with Gasteiger partial charge < -0.3 is 10.6 Å². The lowest BCUT2D eigenvalue weighted by atomic mass is 9.98. The summed E-state index contributed by atoms with van der Waals surface area (Å²) in [6, 6.07) is 6.00. The number of pyridine rings is 1.